The molecule has 2 aliphatic rings. The summed E-state index contributed by atoms with van der Waals surface area (Å²) in [6, 6.07) is 0. The summed E-state index contributed by atoms with van der Waals surface area (Å²) in [7, 11) is 0. The summed E-state index contributed by atoms with van der Waals surface area (Å²) in [5.41, 5.74) is -0.271. The molecule has 0 spiro atoms. The molecule has 2 aliphatic carbocycles. The molecule has 3 nitrogen and oxygen atoms in total. The predicted molar refractivity (Wildman–Crippen MR) is 53.8 cm³/mol. The summed E-state index contributed by atoms with van der Waals surface area (Å²) in [6.45, 7) is 0.103. The fraction of sp³-hybridized carbons (Fsp3) is 0.909. The van der Waals surface area contributed by atoms with Gasteiger partial charge in [0, 0.05) is 5.92 Å². The Morgan fingerprint density at radius 2 is 1.93 bits per heavy atom. The van der Waals surface area contributed by atoms with Crippen LogP contribution < -0.4 is 5.32 Å². The monoisotopic (exact) mass is 197 g/mol. The first-order valence-electron chi connectivity index (χ1n) is 5.69. The van der Waals surface area contributed by atoms with Crippen LogP contribution in [0.5, 0.6) is 0 Å². The minimum Gasteiger partial charge on any atom is -0.394 e. The van der Waals surface area contributed by atoms with Crippen molar-refractivity contribution in [2.75, 3.05) is 6.61 Å². The summed E-state index contributed by atoms with van der Waals surface area (Å²) >= 11 is 0. The standard InChI is InChI=1S/C11H19NO2/c13-8-11(6-1-2-7-11)12-10(14)9-4-3-5-9/h9,13H,1-8H2,(H,12,14). The fourth-order valence-corrected chi connectivity index (χ4v) is 2.41. The van der Waals surface area contributed by atoms with E-state index in [1.165, 1.54) is 6.42 Å². The highest BCUT2D eigenvalue weighted by atomic mass is 16.3. The Balaban J connectivity index is 1.89. The molecule has 0 unspecified atom stereocenters. The molecule has 2 saturated carbocycles. The molecule has 1 amide bonds. The third kappa shape index (κ3) is 1.78. The first kappa shape index (κ1) is 9.97. The molecule has 0 aromatic heterocycles. The zero-order valence-corrected chi connectivity index (χ0v) is 8.59. The van der Waals surface area contributed by atoms with Gasteiger partial charge in [-0.1, -0.05) is 19.3 Å². The minimum atomic E-state index is -0.271. The van der Waals surface area contributed by atoms with E-state index in [1.807, 2.05) is 0 Å². The largest absolute Gasteiger partial charge is 0.394 e. The van der Waals surface area contributed by atoms with Gasteiger partial charge in [0.15, 0.2) is 0 Å². The molecule has 0 aromatic carbocycles. The summed E-state index contributed by atoms with van der Waals surface area (Å²) < 4.78 is 0. The lowest BCUT2D eigenvalue weighted by atomic mass is 9.84. The molecule has 0 saturated heterocycles. The van der Waals surface area contributed by atoms with E-state index in [4.69, 9.17) is 0 Å². The zero-order chi connectivity index (χ0) is 10.0. The Labute approximate surface area is 84.9 Å². The summed E-state index contributed by atoms with van der Waals surface area (Å²) in [5, 5.41) is 12.4. The van der Waals surface area contributed by atoms with E-state index in [0.29, 0.717) is 0 Å². The van der Waals surface area contributed by atoms with Gasteiger partial charge < -0.3 is 10.4 Å². The van der Waals surface area contributed by atoms with Crippen LogP contribution in [0.4, 0.5) is 0 Å². The summed E-state index contributed by atoms with van der Waals surface area (Å²) in [5.74, 6) is 0.409. The lowest BCUT2D eigenvalue weighted by Gasteiger charge is -2.32. The van der Waals surface area contributed by atoms with Crippen molar-refractivity contribution < 1.29 is 9.90 Å². The van der Waals surface area contributed by atoms with Crippen LogP contribution in [0.1, 0.15) is 44.9 Å². The van der Waals surface area contributed by atoms with E-state index in [9.17, 15) is 9.90 Å². The highest BCUT2D eigenvalue weighted by Gasteiger charge is 2.37. The number of aliphatic hydroxyl groups is 1. The van der Waals surface area contributed by atoms with Crippen molar-refractivity contribution in [1.29, 1.82) is 0 Å². The van der Waals surface area contributed by atoms with E-state index in [2.05, 4.69) is 5.32 Å². The fourth-order valence-electron chi connectivity index (χ4n) is 2.41. The Bertz CT molecular complexity index is 217. The molecule has 3 heteroatoms. The van der Waals surface area contributed by atoms with E-state index in [-0.39, 0.29) is 24.0 Å². The second-order valence-corrected chi connectivity index (χ2v) is 4.76. The first-order chi connectivity index (χ1) is 6.76. The topological polar surface area (TPSA) is 49.3 Å². The van der Waals surface area contributed by atoms with E-state index in [0.717, 1.165) is 38.5 Å². The Morgan fingerprint density at radius 3 is 2.36 bits per heavy atom. The van der Waals surface area contributed by atoms with Gasteiger partial charge in [-0.25, -0.2) is 0 Å². The summed E-state index contributed by atoms with van der Waals surface area (Å²) in [4.78, 5) is 11.7. The number of aliphatic hydroxyl groups excluding tert-OH is 1. The molecule has 0 aliphatic heterocycles. The Hall–Kier alpha value is -0.570. The van der Waals surface area contributed by atoms with Crippen molar-refractivity contribution in [1.82, 2.24) is 5.32 Å². The number of hydrogen-bond acceptors (Lipinski definition) is 2. The third-order valence-corrected chi connectivity index (χ3v) is 3.73. The van der Waals surface area contributed by atoms with Gasteiger partial charge in [0.25, 0.3) is 0 Å². The van der Waals surface area contributed by atoms with Crippen molar-refractivity contribution in [3.63, 3.8) is 0 Å². The predicted octanol–water partition coefficient (Wildman–Crippen LogP) is 1.21. The number of carbonyl (C=O) groups excluding carboxylic acids is 1. The molecular weight excluding hydrogens is 178 g/mol. The van der Waals surface area contributed by atoms with Crippen LogP contribution in [0.2, 0.25) is 0 Å². The van der Waals surface area contributed by atoms with Gasteiger partial charge in [0.1, 0.15) is 0 Å². The van der Waals surface area contributed by atoms with Crippen molar-refractivity contribution in [2.24, 2.45) is 5.92 Å². The Morgan fingerprint density at radius 1 is 1.29 bits per heavy atom. The number of nitrogens with one attached hydrogen (secondary N) is 1. The molecule has 0 bridgehead atoms. The van der Waals surface area contributed by atoms with Crippen LogP contribution in [-0.4, -0.2) is 23.2 Å². The maximum Gasteiger partial charge on any atom is 0.223 e. The van der Waals surface area contributed by atoms with Crippen molar-refractivity contribution in [3.8, 4) is 0 Å². The van der Waals surface area contributed by atoms with Crippen LogP contribution in [-0.2, 0) is 4.79 Å². The number of hydrogen-bond donors (Lipinski definition) is 2. The quantitative estimate of drug-likeness (QED) is 0.714. The van der Waals surface area contributed by atoms with Crippen molar-refractivity contribution >= 4 is 5.91 Å². The van der Waals surface area contributed by atoms with Crippen LogP contribution in [0.25, 0.3) is 0 Å². The van der Waals surface area contributed by atoms with E-state index >= 15 is 0 Å². The lowest BCUT2D eigenvalue weighted by Crippen LogP contribution is -2.52. The molecule has 2 N–H and O–H groups in total. The van der Waals surface area contributed by atoms with Crippen LogP contribution >= 0.6 is 0 Å². The number of amides is 1. The van der Waals surface area contributed by atoms with Gasteiger partial charge in [-0.15, -0.1) is 0 Å². The maximum atomic E-state index is 11.7. The molecule has 14 heavy (non-hydrogen) atoms. The minimum absolute atomic E-state index is 0.103. The SMILES string of the molecule is O=C(NC1(CO)CCCC1)C1CCC1. The van der Waals surface area contributed by atoms with Crippen LogP contribution in [0, 0.1) is 5.92 Å². The van der Waals surface area contributed by atoms with Crippen molar-refractivity contribution in [3.05, 3.63) is 0 Å². The van der Waals surface area contributed by atoms with E-state index < -0.39 is 0 Å². The molecule has 0 aromatic rings. The van der Waals surface area contributed by atoms with Gasteiger partial charge in [0.2, 0.25) is 5.91 Å². The molecular formula is C11H19NO2. The van der Waals surface area contributed by atoms with Crippen LogP contribution in [0.3, 0.4) is 0 Å². The van der Waals surface area contributed by atoms with E-state index in [1.54, 1.807) is 0 Å². The molecule has 2 rings (SSSR count). The highest BCUT2D eigenvalue weighted by Crippen LogP contribution is 2.32. The van der Waals surface area contributed by atoms with Gasteiger partial charge in [-0.05, 0) is 25.7 Å². The molecule has 0 heterocycles. The molecule has 0 atom stereocenters. The highest BCUT2D eigenvalue weighted by molar-refractivity contribution is 5.80. The average molecular weight is 197 g/mol. The van der Waals surface area contributed by atoms with Gasteiger partial charge in [-0.3, -0.25) is 4.79 Å². The third-order valence-electron chi connectivity index (χ3n) is 3.73. The number of rotatable bonds is 3. The van der Waals surface area contributed by atoms with Gasteiger partial charge in [-0.2, -0.15) is 0 Å². The molecule has 0 radical (unpaired) electrons. The van der Waals surface area contributed by atoms with Crippen molar-refractivity contribution in [2.45, 2.75) is 50.5 Å². The lowest BCUT2D eigenvalue weighted by molar-refractivity contribution is -0.130. The number of carbonyl (C=O) groups is 1. The molecule has 2 fully saturated rings. The Kier molecular flexibility index (Phi) is 2.77. The first-order valence-corrected chi connectivity index (χ1v) is 5.69. The van der Waals surface area contributed by atoms with Crippen LogP contribution in [0.15, 0.2) is 0 Å². The molecule has 80 valence electrons. The second kappa shape index (κ2) is 3.89. The van der Waals surface area contributed by atoms with Gasteiger partial charge in [0.05, 0.1) is 12.1 Å². The average Bonchev–Trinajstić information content (AvgIpc) is 2.50. The normalized spacial score (nSPS) is 25.8. The van der Waals surface area contributed by atoms with Gasteiger partial charge >= 0.3 is 0 Å². The smallest absolute Gasteiger partial charge is 0.223 e. The second-order valence-electron chi connectivity index (χ2n) is 4.76. The summed E-state index contributed by atoms with van der Waals surface area (Å²) in [6.07, 6.45) is 7.41. The zero-order valence-electron chi connectivity index (χ0n) is 8.59. The maximum absolute atomic E-state index is 11.7.